The maximum atomic E-state index is 12.5. The van der Waals surface area contributed by atoms with E-state index in [2.05, 4.69) is 0 Å². The number of ether oxygens (including phenoxy) is 2. The smallest absolute Gasteiger partial charge is 0.351 e. The van der Waals surface area contributed by atoms with E-state index in [-0.39, 0.29) is 23.7 Å². The zero-order valence-corrected chi connectivity index (χ0v) is 13.8. The number of aryl methyl sites for hydroxylation is 1. The molecule has 3 rings (SSSR count). The number of aliphatic hydroxyl groups is 1. The van der Waals surface area contributed by atoms with Crippen LogP contribution in [0.1, 0.15) is 37.3 Å². The summed E-state index contributed by atoms with van der Waals surface area (Å²) in [6.07, 6.45) is 3.07. The van der Waals surface area contributed by atoms with Gasteiger partial charge in [0.1, 0.15) is 5.76 Å². The van der Waals surface area contributed by atoms with Gasteiger partial charge in [0.25, 0.3) is 5.60 Å². The molecular weight excluding hydrogens is 308 g/mol. The fourth-order valence-corrected chi connectivity index (χ4v) is 3.11. The number of rotatable bonds is 3. The summed E-state index contributed by atoms with van der Waals surface area (Å²) in [6.45, 7) is 3.68. The predicted molar refractivity (Wildman–Crippen MR) is 87.7 cm³/mol. The summed E-state index contributed by atoms with van der Waals surface area (Å²) >= 11 is 0. The molecule has 1 aliphatic carbocycles. The lowest BCUT2D eigenvalue weighted by Crippen LogP contribution is -2.44. The van der Waals surface area contributed by atoms with E-state index in [1.165, 1.54) is 0 Å². The van der Waals surface area contributed by atoms with Gasteiger partial charge in [-0.3, -0.25) is 4.79 Å². The quantitative estimate of drug-likeness (QED) is 0.864. The molecule has 0 unspecified atom stereocenters. The van der Waals surface area contributed by atoms with Crippen molar-refractivity contribution in [3.63, 3.8) is 0 Å². The summed E-state index contributed by atoms with van der Waals surface area (Å²) in [4.78, 5) is 24.8. The molecule has 0 bridgehead atoms. The Morgan fingerprint density at radius 3 is 2.83 bits per heavy atom. The van der Waals surface area contributed by atoms with Crippen LogP contribution in [0.2, 0.25) is 0 Å². The lowest BCUT2D eigenvalue weighted by molar-refractivity contribution is -0.159. The van der Waals surface area contributed by atoms with Crippen LogP contribution in [0.25, 0.3) is 6.08 Å². The van der Waals surface area contributed by atoms with Crippen molar-refractivity contribution in [1.82, 2.24) is 0 Å². The molecule has 1 aromatic rings. The van der Waals surface area contributed by atoms with Gasteiger partial charge in [0.15, 0.2) is 11.5 Å². The van der Waals surface area contributed by atoms with Crippen molar-refractivity contribution < 1.29 is 24.2 Å². The number of carbonyl (C=O) groups excluding carboxylic acids is 2. The molecular formula is C19H20O5. The first kappa shape index (κ1) is 16.5. The van der Waals surface area contributed by atoms with Crippen LogP contribution in [0.15, 0.2) is 41.4 Å². The third-order valence-corrected chi connectivity index (χ3v) is 4.36. The summed E-state index contributed by atoms with van der Waals surface area (Å²) in [6, 6.07) is 7.53. The normalized spacial score (nSPS) is 24.8. The Morgan fingerprint density at radius 2 is 2.12 bits per heavy atom. The van der Waals surface area contributed by atoms with Crippen LogP contribution in [0.3, 0.4) is 0 Å². The number of esters is 1. The molecule has 1 N–H and O–H groups in total. The van der Waals surface area contributed by atoms with E-state index in [0.717, 1.165) is 11.1 Å². The lowest BCUT2D eigenvalue weighted by Gasteiger charge is -2.23. The SMILES string of the molecule is CCOC(=O)[C@@]1(O)C2=C(CCCC2=O)O/C1=C\c1ccccc1C. The molecule has 0 spiro atoms. The van der Waals surface area contributed by atoms with Crippen LogP contribution in [0.5, 0.6) is 0 Å². The van der Waals surface area contributed by atoms with E-state index >= 15 is 0 Å². The van der Waals surface area contributed by atoms with Crippen LogP contribution in [0, 0.1) is 6.92 Å². The van der Waals surface area contributed by atoms with Crippen molar-refractivity contribution in [2.75, 3.05) is 6.61 Å². The molecule has 5 nitrogen and oxygen atoms in total. The summed E-state index contributed by atoms with van der Waals surface area (Å²) in [5, 5.41) is 11.1. The summed E-state index contributed by atoms with van der Waals surface area (Å²) in [5.74, 6) is -0.720. The highest BCUT2D eigenvalue weighted by Crippen LogP contribution is 2.45. The highest BCUT2D eigenvalue weighted by atomic mass is 16.6. The molecule has 1 aliphatic heterocycles. The van der Waals surface area contributed by atoms with E-state index in [9.17, 15) is 14.7 Å². The Morgan fingerprint density at radius 1 is 1.38 bits per heavy atom. The van der Waals surface area contributed by atoms with E-state index < -0.39 is 11.6 Å². The topological polar surface area (TPSA) is 72.8 Å². The van der Waals surface area contributed by atoms with Gasteiger partial charge in [-0.2, -0.15) is 0 Å². The van der Waals surface area contributed by atoms with Crippen molar-refractivity contribution in [2.45, 2.75) is 38.7 Å². The molecule has 0 fully saturated rings. The maximum absolute atomic E-state index is 12.5. The average molecular weight is 328 g/mol. The second-order valence-corrected chi connectivity index (χ2v) is 5.97. The van der Waals surface area contributed by atoms with Crippen molar-refractivity contribution in [1.29, 1.82) is 0 Å². The second-order valence-electron chi connectivity index (χ2n) is 5.97. The van der Waals surface area contributed by atoms with Crippen molar-refractivity contribution in [3.05, 3.63) is 52.5 Å². The molecule has 1 aromatic carbocycles. The van der Waals surface area contributed by atoms with E-state index in [1.807, 2.05) is 31.2 Å². The monoisotopic (exact) mass is 328 g/mol. The van der Waals surface area contributed by atoms with Gasteiger partial charge < -0.3 is 14.6 Å². The molecule has 2 aliphatic rings. The third-order valence-electron chi connectivity index (χ3n) is 4.36. The molecule has 0 radical (unpaired) electrons. The number of ketones is 1. The molecule has 0 amide bonds. The van der Waals surface area contributed by atoms with E-state index in [0.29, 0.717) is 25.0 Å². The van der Waals surface area contributed by atoms with Gasteiger partial charge >= 0.3 is 5.97 Å². The van der Waals surface area contributed by atoms with Gasteiger partial charge in [-0.15, -0.1) is 0 Å². The Hall–Kier alpha value is -2.40. The first-order chi connectivity index (χ1) is 11.5. The molecule has 126 valence electrons. The van der Waals surface area contributed by atoms with Crippen LogP contribution in [0.4, 0.5) is 0 Å². The first-order valence-electron chi connectivity index (χ1n) is 8.10. The van der Waals surface area contributed by atoms with Gasteiger partial charge in [0, 0.05) is 12.8 Å². The Kier molecular flexibility index (Phi) is 4.28. The zero-order valence-electron chi connectivity index (χ0n) is 13.8. The Bertz CT molecular complexity index is 759. The molecule has 5 heteroatoms. The Balaban J connectivity index is 2.12. The predicted octanol–water partition coefficient (Wildman–Crippen LogP) is 2.67. The maximum Gasteiger partial charge on any atom is 0.351 e. The fraction of sp³-hybridized carbons (Fsp3) is 0.368. The molecule has 1 atom stereocenters. The summed E-state index contributed by atoms with van der Waals surface area (Å²) in [5.41, 5.74) is -0.351. The molecule has 0 saturated heterocycles. The van der Waals surface area contributed by atoms with E-state index in [1.54, 1.807) is 13.0 Å². The second kappa shape index (κ2) is 6.24. The molecule has 1 heterocycles. The average Bonchev–Trinajstić information content (AvgIpc) is 2.85. The van der Waals surface area contributed by atoms with E-state index in [4.69, 9.17) is 9.47 Å². The first-order valence-corrected chi connectivity index (χ1v) is 8.10. The number of hydrogen-bond acceptors (Lipinski definition) is 5. The van der Waals surface area contributed by atoms with Crippen molar-refractivity contribution >= 4 is 17.8 Å². The van der Waals surface area contributed by atoms with Gasteiger partial charge in [-0.1, -0.05) is 24.3 Å². The molecule has 0 aromatic heterocycles. The largest absolute Gasteiger partial charge is 0.463 e. The minimum absolute atomic E-state index is 0.0343. The fourth-order valence-electron chi connectivity index (χ4n) is 3.11. The highest BCUT2D eigenvalue weighted by molar-refractivity contribution is 6.08. The number of Topliss-reactive ketones (excluding diaryl/α,β-unsaturated/α-hetero) is 1. The van der Waals surface area contributed by atoms with Gasteiger partial charge in [0.05, 0.1) is 12.2 Å². The summed E-state index contributed by atoms with van der Waals surface area (Å²) in [7, 11) is 0. The van der Waals surface area contributed by atoms with Gasteiger partial charge in [-0.05, 0) is 37.5 Å². The number of carbonyl (C=O) groups is 2. The minimum atomic E-state index is -2.16. The lowest BCUT2D eigenvalue weighted by atomic mass is 9.83. The van der Waals surface area contributed by atoms with Gasteiger partial charge in [0.2, 0.25) is 0 Å². The number of benzene rings is 1. The minimum Gasteiger partial charge on any atom is -0.463 e. The Labute approximate surface area is 140 Å². The van der Waals surface area contributed by atoms with Crippen molar-refractivity contribution in [3.8, 4) is 0 Å². The van der Waals surface area contributed by atoms with Crippen molar-refractivity contribution in [2.24, 2.45) is 0 Å². The van der Waals surface area contributed by atoms with Crippen LogP contribution < -0.4 is 0 Å². The number of hydrogen-bond donors (Lipinski definition) is 1. The zero-order chi connectivity index (χ0) is 17.3. The third kappa shape index (κ3) is 2.55. The molecule has 0 saturated carbocycles. The van der Waals surface area contributed by atoms with Crippen LogP contribution in [-0.2, 0) is 19.1 Å². The number of allylic oxidation sites excluding steroid dienone is 1. The van der Waals surface area contributed by atoms with Crippen LogP contribution in [-0.4, -0.2) is 29.1 Å². The highest BCUT2D eigenvalue weighted by Gasteiger charge is 2.56. The summed E-state index contributed by atoms with van der Waals surface area (Å²) < 4.78 is 10.8. The van der Waals surface area contributed by atoms with Crippen LogP contribution >= 0.6 is 0 Å². The molecule has 24 heavy (non-hydrogen) atoms. The standard InChI is InChI=1S/C19H20O5/c1-3-23-18(21)19(22)16(11-13-8-5-4-7-12(13)2)24-15-10-6-9-14(20)17(15)19/h4-5,7-8,11,22H,3,6,9-10H2,1-2H3/b16-11-/t19-/m0/s1. The van der Waals surface area contributed by atoms with Gasteiger partial charge in [-0.25, -0.2) is 4.79 Å².